The minimum Gasteiger partial charge on any atom is -0.317 e. The molecule has 0 bridgehead atoms. The van der Waals surface area contributed by atoms with Gasteiger partial charge in [0.1, 0.15) is 0 Å². The van der Waals surface area contributed by atoms with Crippen molar-refractivity contribution in [1.82, 2.24) is 5.32 Å². The molecule has 2 rings (SSSR count). The van der Waals surface area contributed by atoms with Gasteiger partial charge < -0.3 is 5.32 Å². The van der Waals surface area contributed by atoms with Crippen LogP contribution in [0.2, 0.25) is 0 Å². The summed E-state index contributed by atoms with van der Waals surface area (Å²) in [7, 11) is 0. The Kier molecular flexibility index (Phi) is 5.27. The molecule has 1 heteroatoms. The molecule has 1 aromatic rings. The molecule has 1 heterocycles. The molecule has 0 saturated carbocycles. The van der Waals surface area contributed by atoms with Gasteiger partial charge in [0.05, 0.1) is 0 Å². The lowest BCUT2D eigenvalue weighted by molar-refractivity contribution is 0.520. The van der Waals surface area contributed by atoms with Crippen LogP contribution in [0.1, 0.15) is 24.8 Å². The van der Waals surface area contributed by atoms with E-state index in [1.54, 1.807) is 0 Å². The third kappa shape index (κ3) is 5.42. The molecular formula is C12H19N. The van der Waals surface area contributed by atoms with E-state index in [0.717, 1.165) is 0 Å². The Balaban J connectivity index is 0.000000132. The maximum absolute atomic E-state index is 3.28. The van der Waals surface area contributed by atoms with E-state index in [2.05, 4.69) is 24.4 Å². The molecular weight excluding hydrogens is 158 g/mol. The van der Waals surface area contributed by atoms with Crippen molar-refractivity contribution in [3.8, 4) is 0 Å². The number of nitrogens with one attached hydrogen (secondary N) is 1. The molecule has 1 nitrogen and oxygen atoms in total. The van der Waals surface area contributed by atoms with Gasteiger partial charge in [-0.2, -0.15) is 0 Å². The van der Waals surface area contributed by atoms with Crippen molar-refractivity contribution in [3.63, 3.8) is 0 Å². The minimum atomic E-state index is 1.25. The third-order valence-corrected chi connectivity index (χ3v) is 2.15. The molecule has 0 aliphatic carbocycles. The van der Waals surface area contributed by atoms with Crippen molar-refractivity contribution in [2.24, 2.45) is 0 Å². The van der Waals surface area contributed by atoms with Crippen LogP contribution >= 0.6 is 0 Å². The highest BCUT2D eigenvalue weighted by atomic mass is 14.9. The van der Waals surface area contributed by atoms with Gasteiger partial charge in [-0.25, -0.2) is 0 Å². The Hall–Kier alpha value is -0.820. The Morgan fingerprint density at radius 2 is 1.54 bits per heavy atom. The fraction of sp³-hybridized carbons (Fsp3) is 0.500. The van der Waals surface area contributed by atoms with Gasteiger partial charge in [-0.3, -0.25) is 0 Å². The van der Waals surface area contributed by atoms with Gasteiger partial charge in [0.2, 0.25) is 0 Å². The van der Waals surface area contributed by atoms with Gasteiger partial charge in [0.15, 0.2) is 0 Å². The standard InChI is InChI=1S/C7H8.C5H11N/c1-7-5-3-2-4-6-7;1-2-4-6-5-3-1/h2-6H,1H3;6H,1-5H2. The van der Waals surface area contributed by atoms with Gasteiger partial charge in [-0.15, -0.1) is 0 Å². The van der Waals surface area contributed by atoms with E-state index >= 15 is 0 Å². The van der Waals surface area contributed by atoms with Crippen LogP contribution < -0.4 is 5.32 Å². The fourth-order valence-corrected chi connectivity index (χ4v) is 1.34. The molecule has 1 N–H and O–H groups in total. The van der Waals surface area contributed by atoms with Gasteiger partial charge in [-0.05, 0) is 32.9 Å². The second-order valence-electron chi connectivity index (χ2n) is 3.47. The van der Waals surface area contributed by atoms with Gasteiger partial charge in [-0.1, -0.05) is 42.3 Å². The molecule has 1 aliphatic rings. The van der Waals surface area contributed by atoms with Crippen molar-refractivity contribution in [3.05, 3.63) is 35.9 Å². The van der Waals surface area contributed by atoms with E-state index in [-0.39, 0.29) is 0 Å². The van der Waals surface area contributed by atoms with Crippen LogP contribution in [0.4, 0.5) is 0 Å². The molecule has 1 saturated heterocycles. The maximum Gasteiger partial charge on any atom is -0.00489 e. The summed E-state index contributed by atoms with van der Waals surface area (Å²) in [5, 5.41) is 3.28. The smallest absolute Gasteiger partial charge is 0.00489 e. The van der Waals surface area contributed by atoms with E-state index in [0.29, 0.717) is 0 Å². The Labute approximate surface area is 81.2 Å². The Morgan fingerprint density at radius 1 is 0.923 bits per heavy atom. The van der Waals surface area contributed by atoms with Crippen molar-refractivity contribution in [1.29, 1.82) is 0 Å². The predicted octanol–water partition coefficient (Wildman–Crippen LogP) is 2.75. The van der Waals surface area contributed by atoms with E-state index in [4.69, 9.17) is 0 Å². The lowest BCUT2D eigenvalue weighted by atomic mass is 10.2. The fourth-order valence-electron chi connectivity index (χ4n) is 1.34. The van der Waals surface area contributed by atoms with E-state index in [1.807, 2.05) is 18.2 Å². The highest BCUT2D eigenvalue weighted by molar-refractivity contribution is 5.11. The molecule has 1 aliphatic heterocycles. The van der Waals surface area contributed by atoms with Crippen molar-refractivity contribution >= 4 is 0 Å². The normalized spacial score (nSPS) is 15.8. The Morgan fingerprint density at radius 3 is 1.77 bits per heavy atom. The third-order valence-electron chi connectivity index (χ3n) is 2.15. The van der Waals surface area contributed by atoms with Crippen LogP contribution in [0.15, 0.2) is 30.3 Å². The SMILES string of the molecule is C1CCNCC1.Cc1ccccc1. The summed E-state index contributed by atoms with van der Waals surface area (Å²) in [6, 6.07) is 10.3. The predicted molar refractivity (Wildman–Crippen MR) is 57.9 cm³/mol. The summed E-state index contributed by atoms with van der Waals surface area (Å²) in [6.07, 6.45) is 4.22. The molecule has 1 fully saturated rings. The highest BCUT2D eigenvalue weighted by Gasteiger charge is 1.93. The lowest BCUT2D eigenvalue weighted by Gasteiger charge is -2.08. The number of rotatable bonds is 0. The van der Waals surface area contributed by atoms with Crippen molar-refractivity contribution in [2.45, 2.75) is 26.2 Å². The molecule has 72 valence electrons. The second-order valence-corrected chi connectivity index (χ2v) is 3.47. The molecule has 13 heavy (non-hydrogen) atoms. The van der Waals surface area contributed by atoms with Crippen LogP contribution in [0.5, 0.6) is 0 Å². The quantitative estimate of drug-likeness (QED) is 0.642. The van der Waals surface area contributed by atoms with E-state index in [9.17, 15) is 0 Å². The van der Waals surface area contributed by atoms with Crippen LogP contribution in [-0.4, -0.2) is 13.1 Å². The summed E-state index contributed by atoms with van der Waals surface area (Å²) in [5.74, 6) is 0. The first-order chi connectivity index (χ1) is 6.39. The number of hydrogen-bond acceptors (Lipinski definition) is 1. The zero-order chi connectivity index (χ0) is 9.36. The van der Waals surface area contributed by atoms with E-state index < -0.39 is 0 Å². The largest absolute Gasteiger partial charge is 0.317 e. The summed E-state index contributed by atoms with van der Waals surface area (Å²) < 4.78 is 0. The van der Waals surface area contributed by atoms with E-state index in [1.165, 1.54) is 37.9 Å². The average Bonchev–Trinajstić information content (AvgIpc) is 2.22. The zero-order valence-electron chi connectivity index (χ0n) is 8.42. The summed E-state index contributed by atoms with van der Waals surface area (Å²) >= 11 is 0. The molecule has 0 spiro atoms. The topological polar surface area (TPSA) is 12.0 Å². The van der Waals surface area contributed by atoms with Crippen LogP contribution in [0.3, 0.4) is 0 Å². The zero-order valence-corrected chi connectivity index (χ0v) is 8.42. The summed E-state index contributed by atoms with van der Waals surface area (Å²) in [5.41, 5.74) is 1.32. The summed E-state index contributed by atoms with van der Waals surface area (Å²) in [6.45, 7) is 4.58. The molecule has 0 radical (unpaired) electrons. The van der Waals surface area contributed by atoms with Crippen molar-refractivity contribution < 1.29 is 0 Å². The number of benzene rings is 1. The van der Waals surface area contributed by atoms with Crippen LogP contribution in [0.25, 0.3) is 0 Å². The summed E-state index contributed by atoms with van der Waals surface area (Å²) in [4.78, 5) is 0. The molecule has 0 atom stereocenters. The maximum atomic E-state index is 3.28. The van der Waals surface area contributed by atoms with Crippen molar-refractivity contribution in [2.75, 3.05) is 13.1 Å². The van der Waals surface area contributed by atoms with Gasteiger partial charge in [0, 0.05) is 0 Å². The first-order valence-corrected chi connectivity index (χ1v) is 5.12. The number of hydrogen-bond donors (Lipinski definition) is 1. The Bertz CT molecular complexity index is 190. The van der Waals surface area contributed by atoms with Gasteiger partial charge in [0.25, 0.3) is 0 Å². The molecule has 0 amide bonds. The van der Waals surface area contributed by atoms with Crippen LogP contribution in [0, 0.1) is 6.92 Å². The van der Waals surface area contributed by atoms with Crippen LogP contribution in [-0.2, 0) is 0 Å². The minimum absolute atomic E-state index is 1.25. The first kappa shape index (κ1) is 10.3. The first-order valence-electron chi connectivity index (χ1n) is 5.12. The monoisotopic (exact) mass is 177 g/mol. The molecule has 1 aromatic carbocycles. The second kappa shape index (κ2) is 6.67. The van der Waals surface area contributed by atoms with Gasteiger partial charge >= 0.3 is 0 Å². The highest BCUT2D eigenvalue weighted by Crippen LogP contribution is 1.96. The molecule has 0 unspecified atom stereocenters. The number of piperidine rings is 1. The lowest BCUT2D eigenvalue weighted by Crippen LogP contribution is -2.21. The molecule has 0 aromatic heterocycles. The average molecular weight is 177 g/mol. The number of aryl methyl sites for hydroxylation is 1.